The molecule has 0 saturated heterocycles. The monoisotopic (exact) mass is 274 g/mol. The van der Waals surface area contributed by atoms with Gasteiger partial charge in [0, 0.05) is 17.9 Å². The standard InChI is InChI=1S/C12H16F2N2OS/c1-2-15-8-7-11(17)16-9-5-3-4-6-10(9)18-12(13)14/h3-6,12,15H,2,7-8H2,1H3,(H,16,17). The third kappa shape index (κ3) is 5.46. The maximum atomic E-state index is 12.3. The second kappa shape index (κ2) is 8.05. The van der Waals surface area contributed by atoms with Crippen LogP contribution in [0.5, 0.6) is 0 Å². The number of para-hydroxylation sites is 1. The Morgan fingerprint density at radius 3 is 2.78 bits per heavy atom. The van der Waals surface area contributed by atoms with Crippen molar-refractivity contribution in [1.82, 2.24) is 5.32 Å². The predicted octanol–water partition coefficient (Wildman–Crippen LogP) is 2.94. The minimum Gasteiger partial charge on any atom is -0.325 e. The minimum absolute atomic E-state index is 0.182. The zero-order valence-corrected chi connectivity index (χ0v) is 10.9. The summed E-state index contributed by atoms with van der Waals surface area (Å²) >= 11 is 0.432. The van der Waals surface area contributed by atoms with E-state index in [-0.39, 0.29) is 5.91 Å². The van der Waals surface area contributed by atoms with Crippen molar-refractivity contribution in [1.29, 1.82) is 0 Å². The van der Waals surface area contributed by atoms with Crippen LogP contribution in [0.2, 0.25) is 0 Å². The van der Waals surface area contributed by atoms with Gasteiger partial charge in [-0.3, -0.25) is 4.79 Å². The molecule has 1 amide bonds. The van der Waals surface area contributed by atoms with E-state index in [2.05, 4.69) is 10.6 Å². The molecule has 0 bridgehead atoms. The third-order valence-corrected chi connectivity index (χ3v) is 2.94. The zero-order valence-electron chi connectivity index (χ0n) is 10.1. The van der Waals surface area contributed by atoms with Crippen LogP contribution in [0.15, 0.2) is 29.2 Å². The van der Waals surface area contributed by atoms with Gasteiger partial charge in [-0.25, -0.2) is 0 Å². The molecule has 1 aromatic rings. The summed E-state index contributed by atoms with van der Waals surface area (Å²) in [5.74, 6) is -2.68. The number of anilines is 1. The summed E-state index contributed by atoms with van der Waals surface area (Å²) in [4.78, 5) is 12.0. The van der Waals surface area contributed by atoms with Crippen LogP contribution in [0, 0.1) is 0 Å². The van der Waals surface area contributed by atoms with E-state index in [4.69, 9.17) is 0 Å². The van der Waals surface area contributed by atoms with Gasteiger partial charge in [0.25, 0.3) is 5.76 Å². The van der Waals surface area contributed by atoms with Gasteiger partial charge in [0.15, 0.2) is 0 Å². The molecule has 0 aliphatic rings. The number of carbonyl (C=O) groups excluding carboxylic acids is 1. The van der Waals surface area contributed by atoms with Gasteiger partial charge in [-0.1, -0.05) is 30.8 Å². The molecule has 1 aromatic carbocycles. The Kier molecular flexibility index (Phi) is 6.67. The first-order valence-electron chi connectivity index (χ1n) is 5.68. The van der Waals surface area contributed by atoms with E-state index in [0.717, 1.165) is 6.54 Å². The topological polar surface area (TPSA) is 41.1 Å². The molecular weight excluding hydrogens is 258 g/mol. The number of nitrogens with one attached hydrogen (secondary N) is 2. The average Bonchev–Trinajstić information content (AvgIpc) is 2.31. The zero-order chi connectivity index (χ0) is 13.4. The molecule has 2 N–H and O–H groups in total. The summed E-state index contributed by atoms with van der Waals surface area (Å²) in [5.41, 5.74) is 0.435. The summed E-state index contributed by atoms with van der Waals surface area (Å²) in [5, 5.41) is 5.67. The van der Waals surface area contributed by atoms with Crippen LogP contribution >= 0.6 is 11.8 Å². The number of amides is 1. The number of hydrogen-bond donors (Lipinski definition) is 2. The van der Waals surface area contributed by atoms with Crippen LogP contribution < -0.4 is 10.6 Å². The van der Waals surface area contributed by atoms with Gasteiger partial charge < -0.3 is 10.6 Å². The molecule has 0 fully saturated rings. The van der Waals surface area contributed by atoms with Gasteiger partial charge >= 0.3 is 0 Å². The number of rotatable bonds is 7. The predicted molar refractivity (Wildman–Crippen MR) is 70.1 cm³/mol. The van der Waals surface area contributed by atoms with Crippen molar-refractivity contribution in [3.63, 3.8) is 0 Å². The molecule has 3 nitrogen and oxygen atoms in total. The normalized spacial score (nSPS) is 10.7. The lowest BCUT2D eigenvalue weighted by Gasteiger charge is -2.10. The lowest BCUT2D eigenvalue weighted by atomic mass is 10.3. The highest BCUT2D eigenvalue weighted by molar-refractivity contribution is 7.99. The molecule has 0 radical (unpaired) electrons. The number of benzene rings is 1. The van der Waals surface area contributed by atoms with Gasteiger partial charge in [0.1, 0.15) is 0 Å². The van der Waals surface area contributed by atoms with Crippen LogP contribution in [-0.2, 0) is 4.79 Å². The van der Waals surface area contributed by atoms with Gasteiger partial charge in [0.05, 0.1) is 5.69 Å². The summed E-state index contributed by atoms with van der Waals surface area (Å²) in [6, 6.07) is 6.56. The molecule has 100 valence electrons. The second-order valence-corrected chi connectivity index (χ2v) is 4.56. The van der Waals surface area contributed by atoms with Crippen LogP contribution in [-0.4, -0.2) is 24.8 Å². The van der Waals surface area contributed by atoms with E-state index in [1.807, 2.05) is 6.92 Å². The first kappa shape index (κ1) is 14.9. The van der Waals surface area contributed by atoms with Gasteiger partial charge in [-0.15, -0.1) is 0 Å². The summed E-state index contributed by atoms with van der Waals surface area (Å²) in [6.07, 6.45) is 0.321. The van der Waals surface area contributed by atoms with Crippen molar-refractivity contribution < 1.29 is 13.6 Å². The van der Waals surface area contributed by atoms with Gasteiger partial charge in [-0.2, -0.15) is 8.78 Å². The van der Waals surface area contributed by atoms with E-state index >= 15 is 0 Å². The molecule has 6 heteroatoms. The van der Waals surface area contributed by atoms with Crippen molar-refractivity contribution in [2.75, 3.05) is 18.4 Å². The minimum atomic E-state index is -2.50. The van der Waals surface area contributed by atoms with Crippen molar-refractivity contribution in [2.24, 2.45) is 0 Å². The number of alkyl halides is 2. The second-order valence-electron chi connectivity index (χ2n) is 3.53. The van der Waals surface area contributed by atoms with Crippen molar-refractivity contribution >= 4 is 23.4 Å². The molecular formula is C12H16F2N2OS. The molecule has 0 heterocycles. The summed E-state index contributed by atoms with van der Waals surface area (Å²) in [6.45, 7) is 3.32. The smallest absolute Gasteiger partial charge is 0.288 e. The Morgan fingerprint density at radius 2 is 2.11 bits per heavy atom. The first-order valence-corrected chi connectivity index (χ1v) is 6.56. The molecule has 0 aliphatic carbocycles. The fourth-order valence-corrected chi connectivity index (χ4v) is 1.96. The quantitative estimate of drug-likeness (QED) is 0.593. The van der Waals surface area contributed by atoms with Crippen molar-refractivity contribution in [3.05, 3.63) is 24.3 Å². The van der Waals surface area contributed by atoms with Crippen LogP contribution in [0.25, 0.3) is 0 Å². The maximum Gasteiger partial charge on any atom is 0.288 e. The highest BCUT2D eigenvalue weighted by atomic mass is 32.2. The molecule has 0 spiro atoms. The molecule has 18 heavy (non-hydrogen) atoms. The summed E-state index contributed by atoms with van der Waals surface area (Å²) in [7, 11) is 0. The molecule has 0 aromatic heterocycles. The fraction of sp³-hybridized carbons (Fsp3) is 0.417. The van der Waals surface area contributed by atoms with Crippen molar-refractivity contribution in [3.8, 4) is 0 Å². The largest absolute Gasteiger partial charge is 0.325 e. The fourth-order valence-electron chi connectivity index (χ4n) is 1.36. The number of halogens is 2. The Labute approximate surface area is 109 Å². The van der Waals surface area contributed by atoms with E-state index in [0.29, 0.717) is 35.3 Å². The number of thioether (sulfide) groups is 1. The van der Waals surface area contributed by atoms with Gasteiger partial charge in [-0.05, 0) is 18.7 Å². The molecule has 0 aliphatic heterocycles. The van der Waals surface area contributed by atoms with E-state index in [9.17, 15) is 13.6 Å². The SMILES string of the molecule is CCNCCC(=O)Nc1ccccc1SC(F)F. The Morgan fingerprint density at radius 1 is 1.39 bits per heavy atom. The van der Waals surface area contributed by atoms with Crippen LogP contribution in [0.1, 0.15) is 13.3 Å². The van der Waals surface area contributed by atoms with Crippen LogP contribution in [0.4, 0.5) is 14.5 Å². The highest BCUT2D eigenvalue weighted by Gasteiger charge is 2.11. The third-order valence-electron chi connectivity index (χ3n) is 2.16. The van der Waals surface area contributed by atoms with Gasteiger partial charge in [0.2, 0.25) is 5.91 Å². The average molecular weight is 274 g/mol. The lowest BCUT2D eigenvalue weighted by Crippen LogP contribution is -2.21. The lowest BCUT2D eigenvalue weighted by molar-refractivity contribution is -0.116. The molecule has 0 unspecified atom stereocenters. The van der Waals surface area contributed by atoms with E-state index in [1.54, 1.807) is 24.3 Å². The van der Waals surface area contributed by atoms with Crippen LogP contribution in [0.3, 0.4) is 0 Å². The van der Waals surface area contributed by atoms with Crippen molar-refractivity contribution in [2.45, 2.75) is 24.0 Å². The maximum absolute atomic E-state index is 12.3. The van der Waals surface area contributed by atoms with E-state index < -0.39 is 5.76 Å². The molecule has 0 saturated carbocycles. The Bertz CT molecular complexity index is 388. The first-order chi connectivity index (χ1) is 8.63. The highest BCUT2D eigenvalue weighted by Crippen LogP contribution is 2.31. The molecule has 1 rings (SSSR count). The molecule has 0 atom stereocenters. The Balaban J connectivity index is 2.57. The van der Waals surface area contributed by atoms with E-state index in [1.165, 1.54) is 0 Å². The number of carbonyl (C=O) groups is 1. The number of hydrogen-bond acceptors (Lipinski definition) is 3. The Hall–Kier alpha value is -1.14. The summed E-state index contributed by atoms with van der Waals surface area (Å²) < 4.78 is 24.7.